The highest BCUT2D eigenvalue weighted by Crippen LogP contribution is 2.17. The fraction of sp³-hybridized carbons (Fsp3) is 0.750. The van der Waals surface area contributed by atoms with E-state index < -0.39 is 12.2 Å². The zero-order valence-corrected chi connectivity index (χ0v) is 7.41. The zero-order valence-electron chi connectivity index (χ0n) is 7.41. The van der Waals surface area contributed by atoms with Crippen molar-refractivity contribution >= 4 is 12.2 Å². The zero-order chi connectivity index (χ0) is 9.68. The van der Waals surface area contributed by atoms with Crippen LogP contribution in [0, 0.1) is 0 Å². The Bertz CT molecular complexity index is 200. The fourth-order valence-electron chi connectivity index (χ4n) is 1.53. The van der Waals surface area contributed by atoms with Crippen molar-refractivity contribution in [3.8, 4) is 0 Å². The van der Waals surface area contributed by atoms with Gasteiger partial charge < -0.3 is 15.8 Å². The number of rotatable bonds is 1. The molecule has 1 fully saturated rings. The van der Waals surface area contributed by atoms with Crippen molar-refractivity contribution in [3.63, 3.8) is 0 Å². The van der Waals surface area contributed by atoms with Gasteiger partial charge in [0.15, 0.2) is 0 Å². The molecule has 1 aliphatic carbocycles. The molecule has 1 aliphatic rings. The molecular weight excluding hydrogens is 172 g/mol. The van der Waals surface area contributed by atoms with Gasteiger partial charge in [-0.1, -0.05) is 19.3 Å². The van der Waals surface area contributed by atoms with E-state index in [9.17, 15) is 9.59 Å². The third kappa shape index (κ3) is 3.78. The van der Waals surface area contributed by atoms with E-state index in [4.69, 9.17) is 0 Å². The number of amides is 2. The lowest BCUT2D eigenvalue weighted by Gasteiger charge is -2.21. The minimum Gasteiger partial charge on any atom is -0.360 e. The van der Waals surface area contributed by atoms with E-state index in [2.05, 4.69) is 15.8 Å². The highest BCUT2D eigenvalue weighted by atomic mass is 16.6. The fourth-order valence-corrected chi connectivity index (χ4v) is 1.53. The van der Waals surface area contributed by atoms with Gasteiger partial charge in [-0.05, 0) is 12.8 Å². The number of hydrogen-bond acceptors (Lipinski definition) is 3. The Kier molecular flexibility index (Phi) is 3.54. The minimum absolute atomic E-state index is 0.139. The molecule has 0 aromatic rings. The summed E-state index contributed by atoms with van der Waals surface area (Å²) in [4.78, 5) is 21.1. The average molecular weight is 186 g/mol. The molecule has 0 heterocycles. The second-order valence-corrected chi connectivity index (χ2v) is 3.19. The number of primary amides is 1. The lowest BCUT2D eigenvalue weighted by atomic mass is 9.96. The number of alkyl carbamates (subject to hydrolysis) is 1. The van der Waals surface area contributed by atoms with Gasteiger partial charge in [-0.3, -0.25) is 0 Å². The highest BCUT2D eigenvalue weighted by molar-refractivity contribution is 5.82. The summed E-state index contributed by atoms with van der Waals surface area (Å²) in [5.41, 5.74) is 4.68. The lowest BCUT2D eigenvalue weighted by Crippen LogP contribution is -2.38. The third-order valence-electron chi connectivity index (χ3n) is 2.12. The summed E-state index contributed by atoms with van der Waals surface area (Å²) in [6.45, 7) is 0. The van der Waals surface area contributed by atoms with E-state index in [0.717, 1.165) is 25.7 Å². The Morgan fingerprint density at radius 3 is 2.38 bits per heavy atom. The van der Waals surface area contributed by atoms with Gasteiger partial charge in [0.1, 0.15) is 0 Å². The summed E-state index contributed by atoms with van der Waals surface area (Å²) in [5.74, 6) is 0. The SMILES string of the molecule is NC(=O)OC(=O)NC1CCCCC1. The third-order valence-corrected chi connectivity index (χ3v) is 2.12. The molecule has 0 atom stereocenters. The summed E-state index contributed by atoms with van der Waals surface area (Å²) >= 11 is 0. The largest absolute Gasteiger partial charge is 0.416 e. The Balaban J connectivity index is 2.22. The number of nitrogens with two attached hydrogens (primary N) is 1. The van der Waals surface area contributed by atoms with E-state index in [1.807, 2.05) is 0 Å². The molecule has 0 aromatic carbocycles. The van der Waals surface area contributed by atoms with E-state index in [1.54, 1.807) is 0 Å². The molecule has 0 saturated heterocycles. The lowest BCUT2D eigenvalue weighted by molar-refractivity contribution is 0.152. The molecule has 0 spiro atoms. The normalized spacial score (nSPS) is 17.8. The van der Waals surface area contributed by atoms with Gasteiger partial charge in [-0.25, -0.2) is 9.59 Å². The topological polar surface area (TPSA) is 81.4 Å². The van der Waals surface area contributed by atoms with Crippen molar-refractivity contribution in [2.24, 2.45) is 5.73 Å². The van der Waals surface area contributed by atoms with Crippen LogP contribution in [0.1, 0.15) is 32.1 Å². The van der Waals surface area contributed by atoms with Crippen molar-refractivity contribution in [1.82, 2.24) is 5.32 Å². The molecule has 5 nitrogen and oxygen atoms in total. The molecule has 3 N–H and O–H groups in total. The number of ether oxygens (including phenoxy) is 1. The van der Waals surface area contributed by atoms with Gasteiger partial charge in [-0.15, -0.1) is 0 Å². The van der Waals surface area contributed by atoms with Gasteiger partial charge >= 0.3 is 12.2 Å². The van der Waals surface area contributed by atoms with Crippen LogP contribution in [0.2, 0.25) is 0 Å². The first-order chi connectivity index (χ1) is 6.18. The quantitative estimate of drug-likeness (QED) is 0.602. The molecule has 0 aromatic heterocycles. The smallest absolute Gasteiger partial charge is 0.360 e. The summed E-state index contributed by atoms with van der Waals surface area (Å²) in [6, 6.07) is 0.139. The molecular formula is C8H14N2O3. The summed E-state index contributed by atoms with van der Waals surface area (Å²) in [7, 11) is 0. The molecule has 1 saturated carbocycles. The van der Waals surface area contributed by atoms with Crippen molar-refractivity contribution in [2.45, 2.75) is 38.1 Å². The van der Waals surface area contributed by atoms with Crippen LogP contribution >= 0.6 is 0 Å². The van der Waals surface area contributed by atoms with Gasteiger partial charge in [-0.2, -0.15) is 0 Å². The van der Waals surface area contributed by atoms with Crippen molar-refractivity contribution < 1.29 is 14.3 Å². The maximum Gasteiger partial charge on any atom is 0.416 e. The molecule has 1 rings (SSSR count). The Labute approximate surface area is 76.6 Å². The maximum absolute atomic E-state index is 10.9. The standard InChI is InChI=1S/C8H14N2O3/c9-7(11)13-8(12)10-6-4-2-1-3-5-6/h6H,1-5H2,(H2,9,11)(H,10,12). The predicted octanol–water partition coefficient (Wildman–Crippen LogP) is 1.12. The summed E-state index contributed by atoms with van der Waals surface area (Å²) in [6.07, 6.45) is 3.54. The molecule has 13 heavy (non-hydrogen) atoms. The van der Waals surface area contributed by atoms with Crippen LogP contribution in [-0.4, -0.2) is 18.2 Å². The molecule has 0 radical (unpaired) electrons. The number of carbonyl (C=O) groups excluding carboxylic acids is 2. The van der Waals surface area contributed by atoms with Crippen LogP contribution in [0.5, 0.6) is 0 Å². The van der Waals surface area contributed by atoms with E-state index in [1.165, 1.54) is 6.42 Å². The average Bonchev–Trinajstić information content (AvgIpc) is 2.04. The van der Waals surface area contributed by atoms with E-state index in [-0.39, 0.29) is 6.04 Å². The van der Waals surface area contributed by atoms with Crippen molar-refractivity contribution in [2.75, 3.05) is 0 Å². The molecule has 0 aliphatic heterocycles. The molecule has 74 valence electrons. The number of carbonyl (C=O) groups is 2. The molecule has 0 bridgehead atoms. The summed E-state index contributed by atoms with van der Waals surface area (Å²) in [5, 5.41) is 2.59. The van der Waals surface area contributed by atoms with Gasteiger partial charge in [0.25, 0.3) is 0 Å². The Morgan fingerprint density at radius 2 is 1.85 bits per heavy atom. The number of hydrogen-bond donors (Lipinski definition) is 2. The number of nitrogens with one attached hydrogen (secondary N) is 1. The molecule has 5 heteroatoms. The molecule has 0 unspecified atom stereocenters. The van der Waals surface area contributed by atoms with Crippen molar-refractivity contribution in [1.29, 1.82) is 0 Å². The second kappa shape index (κ2) is 4.69. The first-order valence-electron chi connectivity index (χ1n) is 4.46. The second-order valence-electron chi connectivity index (χ2n) is 3.19. The Hall–Kier alpha value is -1.26. The van der Waals surface area contributed by atoms with Crippen LogP contribution in [0.25, 0.3) is 0 Å². The van der Waals surface area contributed by atoms with Gasteiger partial charge in [0, 0.05) is 6.04 Å². The predicted molar refractivity (Wildman–Crippen MR) is 46.1 cm³/mol. The minimum atomic E-state index is -1.06. The maximum atomic E-state index is 10.9. The van der Waals surface area contributed by atoms with Crippen molar-refractivity contribution in [3.05, 3.63) is 0 Å². The summed E-state index contributed by atoms with van der Waals surface area (Å²) < 4.78 is 4.14. The van der Waals surface area contributed by atoms with Crippen LogP contribution < -0.4 is 11.1 Å². The monoisotopic (exact) mass is 186 g/mol. The first kappa shape index (κ1) is 9.83. The van der Waals surface area contributed by atoms with Crippen LogP contribution in [0.15, 0.2) is 0 Å². The highest BCUT2D eigenvalue weighted by Gasteiger charge is 2.17. The van der Waals surface area contributed by atoms with Gasteiger partial charge in [0.05, 0.1) is 0 Å². The van der Waals surface area contributed by atoms with Crippen LogP contribution in [0.3, 0.4) is 0 Å². The van der Waals surface area contributed by atoms with Crippen LogP contribution in [0.4, 0.5) is 9.59 Å². The first-order valence-corrected chi connectivity index (χ1v) is 4.46. The van der Waals surface area contributed by atoms with E-state index in [0.29, 0.717) is 0 Å². The Morgan fingerprint density at radius 1 is 1.23 bits per heavy atom. The van der Waals surface area contributed by atoms with Gasteiger partial charge in [0.2, 0.25) is 0 Å². The molecule has 2 amide bonds. The van der Waals surface area contributed by atoms with E-state index >= 15 is 0 Å². The van der Waals surface area contributed by atoms with Crippen LogP contribution in [-0.2, 0) is 4.74 Å².